The number of hydrogen-bond acceptors (Lipinski definition) is 4. The van der Waals surface area contributed by atoms with Crippen molar-refractivity contribution in [2.45, 2.75) is 20.8 Å². The van der Waals surface area contributed by atoms with Crippen molar-refractivity contribution >= 4 is 12.0 Å². The Labute approximate surface area is 117 Å². The third kappa shape index (κ3) is 3.50. The minimum Gasteiger partial charge on any atom is -0.338 e. The first kappa shape index (κ1) is 13.9. The summed E-state index contributed by atoms with van der Waals surface area (Å²) < 4.78 is 0. The molecule has 0 fully saturated rings. The van der Waals surface area contributed by atoms with Crippen LogP contribution < -0.4 is 10.6 Å². The van der Waals surface area contributed by atoms with Gasteiger partial charge in [0.2, 0.25) is 5.95 Å². The first-order valence-corrected chi connectivity index (χ1v) is 6.42. The third-order valence-corrected chi connectivity index (χ3v) is 2.60. The highest BCUT2D eigenvalue weighted by molar-refractivity contribution is 5.87. The van der Waals surface area contributed by atoms with Crippen molar-refractivity contribution in [2.75, 3.05) is 11.9 Å². The zero-order chi connectivity index (χ0) is 14.5. The second-order valence-corrected chi connectivity index (χ2v) is 4.39. The van der Waals surface area contributed by atoms with Gasteiger partial charge in [0, 0.05) is 29.7 Å². The largest absolute Gasteiger partial charge is 0.338 e. The number of nitrogens with zero attached hydrogens (tertiary/aromatic N) is 3. The number of carbonyl (C=O) groups excluding carboxylic acids is 1. The molecule has 0 aromatic carbocycles. The van der Waals surface area contributed by atoms with Crippen LogP contribution >= 0.6 is 0 Å². The Kier molecular flexibility index (Phi) is 4.24. The first-order valence-electron chi connectivity index (χ1n) is 6.42. The van der Waals surface area contributed by atoms with Gasteiger partial charge in [-0.15, -0.1) is 0 Å². The van der Waals surface area contributed by atoms with Crippen molar-refractivity contribution in [3.05, 3.63) is 35.8 Å². The maximum atomic E-state index is 11.5. The van der Waals surface area contributed by atoms with E-state index in [-0.39, 0.29) is 12.0 Å². The number of pyridine rings is 1. The second kappa shape index (κ2) is 6.10. The van der Waals surface area contributed by atoms with Gasteiger partial charge in [0.05, 0.1) is 5.69 Å². The summed E-state index contributed by atoms with van der Waals surface area (Å²) in [6.07, 6.45) is 1.62. The number of urea groups is 1. The molecule has 2 amide bonds. The SMILES string of the molecule is CCNC(=O)Nc1nccc(-c2cc(C)nc(C)c2)n1. The molecule has 2 aromatic rings. The minimum absolute atomic E-state index is 0.278. The fourth-order valence-corrected chi connectivity index (χ4v) is 1.87. The molecule has 0 aliphatic rings. The lowest BCUT2D eigenvalue weighted by atomic mass is 10.1. The predicted molar refractivity (Wildman–Crippen MR) is 77.4 cm³/mol. The molecule has 104 valence electrons. The molecule has 0 bridgehead atoms. The first-order chi connectivity index (χ1) is 9.58. The minimum atomic E-state index is -0.313. The molecule has 0 saturated heterocycles. The highest BCUT2D eigenvalue weighted by atomic mass is 16.2. The number of hydrogen-bond donors (Lipinski definition) is 2. The molecule has 6 heteroatoms. The third-order valence-electron chi connectivity index (χ3n) is 2.60. The summed E-state index contributed by atoms with van der Waals surface area (Å²) >= 11 is 0. The van der Waals surface area contributed by atoms with Crippen LogP contribution in [0.5, 0.6) is 0 Å². The lowest BCUT2D eigenvalue weighted by Crippen LogP contribution is -2.29. The Morgan fingerprint density at radius 1 is 1.20 bits per heavy atom. The summed E-state index contributed by atoms with van der Waals surface area (Å²) in [4.78, 5) is 24.2. The molecule has 2 aromatic heterocycles. The zero-order valence-corrected chi connectivity index (χ0v) is 11.8. The fourth-order valence-electron chi connectivity index (χ4n) is 1.87. The smallest absolute Gasteiger partial charge is 0.321 e. The Bertz CT molecular complexity index is 606. The average Bonchev–Trinajstić information content (AvgIpc) is 2.38. The molecule has 0 aliphatic heterocycles. The van der Waals surface area contributed by atoms with E-state index in [9.17, 15) is 4.79 Å². The molecular weight excluding hydrogens is 254 g/mol. The molecule has 2 N–H and O–H groups in total. The van der Waals surface area contributed by atoms with E-state index in [1.165, 1.54) is 0 Å². The normalized spacial score (nSPS) is 10.2. The van der Waals surface area contributed by atoms with Crippen LogP contribution in [0.3, 0.4) is 0 Å². The van der Waals surface area contributed by atoms with Crippen LogP contribution in [0.4, 0.5) is 10.7 Å². The molecule has 0 aliphatic carbocycles. The summed E-state index contributed by atoms with van der Waals surface area (Å²) in [5.41, 5.74) is 3.56. The van der Waals surface area contributed by atoms with E-state index < -0.39 is 0 Å². The second-order valence-electron chi connectivity index (χ2n) is 4.39. The van der Waals surface area contributed by atoms with Crippen molar-refractivity contribution < 1.29 is 4.79 Å². The van der Waals surface area contributed by atoms with Gasteiger partial charge in [0.25, 0.3) is 0 Å². The van der Waals surface area contributed by atoms with Crippen LogP contribution in [0, 0.1) is 13.8 Å². The van der Waals surface area contributed by atoms with Gasteiger partial charge in [0.1, 0.15) is 0 Å². The van der Waals surface area contributed by atoms with E-state index in [2.05, 4.69) is 25.6 Å². The van der Waals surface area contributed by atoms with Crippen LogP contribution in [0.25, 0.3) is 11.3 Å². The number of nitrogens with one attached hydrogen (secondary N) is 2. The summed E-state index contributed by atoms with van der Waals surface area (Å²) in [5, 5.41) is 5.23. The maximum absolute atomic E-state index is 11.5. The molecule has 0 radical (unpaired) electrons. The van der Waals surface area contributed by atoms with Crippen LogP contribution in [0.1, 0.15) is 18.3 Å². The van der Waals surface area contributed by atoms with Gasteiger partial charge >= 0.3 is 6.03 Å². The molecule has 2 heterocycles. The van der Waals surface area contributed by atoms with E-state index >= 15 is 0 Å². The van der Waals surface area contributed by atoms with Gasteiger partial charge in [-0.1, -0.05) is 0 Å². The van der Waals surface area contributed by atoms with E-state index in [0.717, 1.165) is 22.6 Å². The molecule has 0 unspecified atom stereocenters. The summed E-state index contributed by atoms with van der Waals surface area (Å²) in [6.45, 7) is 6.27. The standard InChI is InChI=1S/C14H17N5O/c1-4-15-14(20)19-13-16-6-5-12(18-13)11-7-9(2)17-10(3)8-11/h5-8H,4H2,1-3H3,(H2,15,16,18,19,20). The Morgan fingerprint density at radius 2 is 1.90 bits per heavy atom. The maximum Gasteiger partial charge on any atom is 0.321 e. The molecule has 20 heavy (non-hydrogen) atoms. The van der Waals surface area contributed by atoms with Gasteiger partial charge < -0.3 is 5.32 Å². The van der Waals surface area contributed by atoms with Crippen molar-refractivity contribution in [3.8, 4) is 11.3 Å². The van der Waals surface area contributed by atoms with Crippen molar-refractivity contribution in [1.29, 1.82) is 0 Å². The number of anilines is 1. The highest BCUT2D eigenvalue weighted by Gasteiger charge is 2.06. The molecule has 0 atom stereocenters. The number of aryl methyl sites for hydroxylation is 2. The van der Waals surface area contributed by atoms with Gasteiger partial charge in [-0.3, -0.25) is 10.3 Å². The van der Waals surface area contributed by atoms with Crippen LogP contribution in [-0.2, 0) is 0 Å². The number of amides is 2. The van der Waals surface area contributed by atoms with Gasteiger partial charge in [0.15, 0.2) is 0 Å². The summed E-state index contributed by atoms with van der Waals surface area (Å²) in [7, 11) is 0. The van der Waals surface area contributed by atoms with Crippen molar-refractivity contribution in [3.63, 3.8) is 0 Å². The predicted octanol–water partition coefficient (Wildman–Crippen LogP) is 2.30. The van der Waals surface area contributed by atoms with Crippen molar-refractivity contribution in [2.24, 2.45) is 0 Å². The summed E-state index contributed by atoms with van der Waals surface area (Å²) in [6, 6.07) is 5.39. The number of rotatable bonds is 3. The molecular formula is C14H17N5O. The molecule has 0 saturated carbocycles. The lowest BCUT2D eigenvalue weighted by molar-refractivity contribution is 0.252. The molecule has 0 spiro atoms. The van der Waals surface area contributed by atoms with Gasteiger partial charge in [-0.05, 0) is 39.0 Å². The Morgan fingerprint density at radius 3 is 2.55 bits per heavy atom. The Hall–Kier alpha value is -2.50. The lowest BCUT2D eigenvalue weighted by Gasteiger charge is -2.07. The summed E-state index contributed by atoms with van der Waals surface area (Å²) in [5.74, 6) is 0.278. The highest BCUT2D eigenvalue weighted by Crippen LogP contribution is 2.19. The van der Waals surface area contributed by atoms with Crippen molar-refractivity contribution in [1.82, 2.24) is 20.3 Å². The quantitative estimate of drug-likeness (QED) is 0.897. The van der Waals surface area contributed by atoms with E-state index in [4.69, 9.17) is 0 Å². The van der Waals surface area contributed by atoms with Crippen LogP contribution in [0.2, 0.25) is 0 Å². The monoisotopic (exact) mass is 271 g/mol. The topological polar surface area (TPSA) is 79.8 Å². The molecule has 2 rings (SSSR count). The molecule has 6 nitrogen and oxygen atoms in total. The van der Waals surface area contributed by atoms with E-state index in [1.807, 2.05) is 32.9 Å². The van der Waals surface area contributed by atoms with Crippen LogP contribution in [-0.4, -0.2) is 27.5 Å². The van der Waals surface area contributed by atoms with E-state index in [0.29, 0.717) is 6.54 Å². The van der Waals surface area contributed by atoms with Gasteiger partial charge in [-0.25, -0.2) is 14.8 Å². The number of carbonyl (C=O) groups is 1. The van der Waals surface area contributed by atoms with Gasteiger partial charge in [-0.2, -0.15) is 0 Å². The number of aromatic nitrogens is 3. The fraction of sp³-hybridized carbons (Fsp3) is 0.286. The zero-order valence-electron chi connectivity index (χ0n) is 11.8. The average molecular weight is 271 g/mol. The Balaban J connectivity index is 2.27. The van der Waals surface area contributed by atoms with Crippen LogP contribution in [0.15, 0.2) is 24.4 Å². The van der Waals surface area contributed by atoms with E-state index in [1.54, 1.807) is 12.3 Å².